The highest BCUT2D eigenvalue weighted by molar-refractivity contribution is 5.95. The smallest absolute Gasteiger partial charge is 0.251 e. The topological polar surface area (TPSA) is 84.7 Å². The van der Waals surface area contributed by atoms with Gasteiger partial charge in [-0.3, -0.25) is 4.79 Å². The molecule has 0 radical (unpaired) electrons. The van der Waals surface area contributed by atoms with Gasteiger partial charge in [-0.15, -0.1) is 5.10 Å². The number of hydrogen-bond acceptors (Lipinski definition) is 5. The molecule has 1 aromatic heterocycles. The Balaban J connectivity index is 1.69. The molecule has 0 bridgehead atoms. The van der Waals surface area contributed by atoms with Crippen LogP contribution in [0.2, 0.25) is 0 Å². The summed E-state index contributed by atoms with van der Waals surface area (Å²) in [5, 5.41) is 18.0. The standard InChI is InChI=1S/C18H20N6O/c1-2-11-19-18(25)14-7-6-8-15(12-14)20-13-17-21-22-23-24(17)16-9-4-3-5-10-16/h3-10,12,20H,2,11,13H2,1H3,(H,19,25). The van der Waals surface area contributed by atoms with Crippen molar-refractivity contribution in [2.75, 3.05) is 11.9 Å². The van der Waals surface area contributed by atoms with E-state index in [1.807, 2.05) is 55.5 Å². The predicted octanol–water partition coefficient (Wildman–Crippen LogP) is 2.41. The molecule has 0 unspecified atom stereocenters. The molecule has 0 aliphatic rings. The molecule has 1 heterocycles. The van der Waals surface area contributed by atoms with Crippen LogP contribution in [0, 0.1) is 0 Å². The number of amides is 1. The molecule has 0 saturated carbocycles. The quantitative estimate of drug-likeness (QED) is 0.692. The molecule has 128 valence electrons. The second-order valence-electron chi connectivity index (χ2n) is 5.53. The van der Waals surface area contributed by atoms with Gasteiger partial charge in [0.05, 0.1) is 12.2 Å². The molecule has 7 heteroatoms. The first-order valence-corrected chi connectivity index (χ1v) is 8.22. The van der Waals surface area contributed by atoms with E-state index in [1.165, 1.54) is 0 Å². The molecule has 1 amide bonds. The molecule has 3 rings (SSSR count). The van der Waals surface area contributed by atoms with E-state index in [2.05, 4.69) is 26.2 Å². The largest absolute Gasteiger partial charge is 0.378 e. The van der Waals surface area contributed by atoms with Gasteiger partial charge in [0, 0.05) is 17.8 Å². The van der Waals surface area contributed by atoms with Crippen LogP contribution < -0.4 is 10.6 Å². The van der Waals surface area contributed by atoms with Gasteiger partial charge >= 0.3 is 0 Å². The fraction of sp³-hybridized carbons (Fsp3) is 0.222. The highest BCUT2D eigenvalue weighted by atomic mass is 16.1. The Hall–Kier alpha value is -3.22. The molecule has 0 spiro atoms. The van der Waals surface area contributed by atoms with Crippen molar-refractivity contribution in [2.24, 2.45) is 0 Å². The number of rotatable bonds is 7. The van der Waals surface area contributed by atoms with Gasteiger partial charge in [0.1, 0.15) is 0 Å². The number of anilines is 1. The maximum absolute atomic E-state index is 12.1. The van der Waals surface area contributed by atoms with Crippen LogP contribution in [0.5, 0.6) is 0 Å². The minimum Gasteiger partial charge on any atom is -0.378 e. The molecular formula is C18H20N6O. The zero-order valence-corrected chi connectivity index (χ0v) is 14.0. The van der Waals surface area contributed by atoms with Crippen LogP contribution in [0.15, 0.2) is 54.6 Å². The van der Waals surface area contributed by atoms with Crippen LogP contribution in [0.25, 0.3) is 5.69 Å². The molecule has 7 nitrogen and oxygen atoms in total. The van der Waals surface area contributed by atoms with Crippen molar-refractivity contribution in [1.29, 1.82) is 0 Å². The Morgan fingerprint density at radius 3 is 2.76 bits per heavy atom. The number of aromatic nitrogens is 4. The second kappa shape index (κ2) is 8.05. The van der Waals surface area contributed by atoms with Gasteiger partial charge in [0.25, 0.3) is 5.91 Å². The predicted molar refractivity (Wildman–Crippen MR) is 95.5 cm³/mol. The van der Waals surface area contributed by atoms with Gasteiger partial charge in [0.15, 0.2) is 5.82 Å². The summed E-state index contributed by atoms with van der Waals surface area (Å²) in [6, 6.07) is 17.1. The third kappa shape index (κ3) is 4.20. The molecule has 2 N–H and O–H groups in total. The minimum atomic E-state index is -0.0698. The Labute approximate surface area is 146 Å². The van der Waals surface area contributed by atoms with Gasteiger partial charge in [-0.25, -0.2) is 0 Å². The van der Waals surface area contributed by atoms with Gasteiger partial charge in [-0.2, -0.15) is 4.68 Å². The van der Waals surface area contributed by atoms with Crippen LogP contribution in [-0.2, 0) is 6.54 Å². The van der Waals surface area contributed by atoms with Crippen LogP contribution in [0.1, 0.15) is 29.5 Å². The zero-order valence-electron chi connectivity index (χ0n) is 14.0. The lowest BCUT2D eigenvalue weighted by molar-refractivity contribution is 0.0953. The number of nitrogens with zero attached hydrogens (tertiary/aromatic N) is 4. The van der Waals surface area contributed by atoms with E-state index in [9.17, 15) is 4.79 Å². The second-order valence-corrected chi connectivity index (χ2v) is 5.53. The average molecular weight is 336 g/mol. The molecular weight excluding hydrogens is 316 g/mol. The normalized spacial score (nSPS) is 10.4. The van der Waals surface area contributed by atoms with E-state index in [-0.39, 0.29) is 5.91 Å². The van der Waals surface area contributed by atoms with Crippen molar-refractivity contribution in [3.05, 3.63) is 66.0 Å². The highest BCUT2D eigenvalue weighted by Gasteiger charge is 2.09. The average Bonchev–Trinajstić information content (AvgIpc) is 3.14. The number of carbonyl (C=O) groups excluding carboxylic acids is 1. The number of nitrogens with one attached hydrogen (secondary N) is 2. The zero-order chi connectivity index (χ0) is 17.5. The van der Waals surface area contributed by atoms with Crippen molar-refractivity contribution in [3.8, 4) is 5.69 Å². The molecule has 0 saturated heterocycles. The summed E-state index contributed by atoms with van der Waals surface area (Å²) in [6.07, 6.45) is 0.909. The number of hydrogen-bond donors (Lipinski definition) is 2. The lowest BCUT2D eigenvalue weighted by Gasteiger charge is -2.09. The highest BCUT2D eigenvalue weighted by Crippen LogP contribution is 2.13. The van der Waals surface area contributed by atoms with E-state index in [0.29, 0.717) is 24.5 Å². The van der Waals surface area contributed by atoms with Crippen LogP contribution >= 0.6 is 0 Å². The van der Waals surface area contributed by atoms with Crippen LogP contribution in [-0.4, -0.2) is 32.7 Å². The molecule has 0 aliphatic carbocycles. The van der Waals surface area contributed by atoms with Gasteiger partial charge in [-0.05, 0) is 47.2 Å². The van der Waals surface area contributed by atoms with E-state index in [1.54, 1.807) is 10.7 Å². The molecule has 0 atom stereocenters. The maximum atomic E-state index is 12.1. The Morgan fingerprint density at radius 2 is 1.96 bits per heavy atom. The van der Waals surface area contributed by atoms with Crippen molar-refractivity contribution in [1.82, 2.24) is 25.5 Å². The van der Waals surface area contributed by atoms with E-state index >= 15 is 0 Å². The first kappa shape index (κ1) is 16.6. The van der Waals surface area contributed by atoms with E-state index < -0.39 is 0 Å². The molecule has 0 aliphatic heterocycles. The molecule has 3 aromatic rings. The fourth-order valence-electron chi connectivity index (χ4n) is 2.38. The van der Waals surface area contributed by atoms with Crippen molar-refractivity contribution in [3.63, 3.8) is 0 Å². The molecule has 25 heavy (non-hydrogen) atoms. The van der Waals surface area contributed by atoms with E-state index in [0.717, 1.165) is 17.8 Å². The van der Waals surface area contributed by atoms with Crippen LogP contribution in [0.4, 0.5) is 5.69 Å². The SMILES string of the molecule is CCCNC(=O)c1cccc(NCc2nnnn2-c2ccccc2)c1. The third-order valence-corrected chi connectivity index (χ3v) is 3.65. The summed E-state index contributed by atoms with van der Waals surface area (Å²) in [7, 11) is 0. The lowest BCUT2D eigenvalue weighted by Crippen LogP contribution is -2.23. The van der Waals surface area contributed by atoms with Crippen molar-refractivity contribution >= 4 is 11.6 Å². The van der Waals surface area contributed by atoms with Gasteiger partial charge in [0.2, 0.25) is 0 Å². The fourth-order valence-corrected chi connectivity index (χ4v) is 2.38. The summed E-state index contributed by atoms with van der Waals surface area (Å²) < 4.78 is 1.69. The first-order valence-electron chi connectivity index (χ1n) is 8.22. The Kier molecular flexibility index (Phi) is 5.36. The Morgan fingerprint density at radius 1 is 1.12 bits per heavy atom. The third-order valence-electron chi connectivity index (χ3n) is 3.65. The summed E-state index contributed by atoms with van der Waals surface area (Å²) >= 11 is 0. The number of benzene rings is 2. The van der Waals surface area contributed by atoms with Gasteiger partial charge in [-0.1, -0.05) is 31.2 Å². The van der Waals surface area contributed by atoms with Gasteiger partial charge < -0.3 is 10.6 Å². The lowest BCUT2D eigenvalue weighted by atomic mass is 10.2. The first-order chi connectivity index (χ1) is 12.3. The molecule has 0 fully saturated rings. The van der Waals surface area contributed by atoms with Crippen LogP contribution in [0.3, 0.4) is 0 Å². The van der Waals surface area contributed by atoms with E-state index in [4.69, 9.17) is 0 Å². The Bertz CT molecular complexity index is 830. The molecule has 2 aromatic carbocycles. The number of tetrazole rings is 1. The summed E-state index contributed by atoms with van der Waals surface area (Å²) in [5.74, 6) is 0.617. The number of para-hydroxylation sites is 1. The monoisotopic (exact) mass is 336 g/mol. The van der Waals surface area contributed by atoms with Crippen molar-refractivity contribution < 1.29 is 4.79 Å². The number of carbonyl (C=O) groups is 1. The minimum absolute atomic E-state index is 0.0698. The summed E-state index contributed by atoms with van der Waals surface area (Å²) in [6.45, 7) is 3.14. The summed E-state index contributed by atoms with van der Waals surface area (Å²) in [4.78, 5) is 12.1. The van der Waals surface area contributed by atoms with Crippen molar-refractivity contribution in [2.45, 2.75) is 19.9 Å². The maximum Gasteiger partial charge on any atom is 0.251 e. The summed E-state index contributed by atoms with van der Waals surface area (Å²) in [5.41, 5.74) is 2.37.